The lowest BCUT2D eigenvalue weighted by Crippen LogP contribution is -2.39. The fraction of sp³-hybridized carbons (Fsp3) is 0.538. The Morgan fingerprint density at radius 1 is 1.39 bits per heavy atom. The Labute approximate surface area is 104 Å². The zero-order valence-corrected chi connectivity index (χ0v) is 10.2. The lowest BCUT2D eigenvalue weighted by Gasteiger charge is -2.24. The number of alkyl halides is 3. The van der Waals surface area contributed by atoms with Crippen LogP contribution in [0.3, 0.4) is 0 Å². The van der Waals surface area contributed by atoms with E-state index >= 15 is 0 Å². The Morgan fingerprint density at radius 2 is 2.17 bits per heavy atom. The lowest BCUT2D eigenvalue weighted by molar-refractivity contribution is -0.138. The Morgan fingerprint density at radius 3 is 2.78 bits per heavy atom. The standard InChI is InChI=1S/C13H16F3NO/c1-9-2-3-10(7-12(9)13(14,15)16)6-11-8-17-4-5-18-11/h2-3,7,11,17H,4-6,8H2,1H3/t11-/m1/s1. The Balaban J connectivity index is 2.14. The van der Waals surface area contributed by atoms with Crippen molar-refractivity contribution in [2.75, 3.05) is 19.7 Å². The van der Waals surface area contributed by atoms with Crippen LogP contribution < -0.4 is 5.32 Å². The van der Waals surface area contributed by atoms with E-state index in [2.05, 4.69) is 5.32 Å². The SMILES string of the molecule is Cc1ccc(C[C@@H]2CNCCO2)cc1C(F)(F)F. The van der Waals surface area contributed by atoms with Crippen LogP contribution in [0.2, 0.25) is 0 Å². The molecule has 18 heavy (non-hydrogen) atoms. The molecular formula is C13H16F3NO. The van der Waals surface area contributed by atoms with Crippen LogP contribution >= 0.6 is 0 Å². The topological polar surface area (TPSA) is 21.3 Å². The second-order valence-electron chi connectivity index (χ2n) is 4.55. The van der Waals surface area contributed by atoms with E-state index in [1.54, 1.807) is 6.07 Å². The summed E-state index contributed by atoms with van der Waals surface area (Å²) < 4.78 is 43.8. The summed E-state index contributed by atoms with van der Waals surface area (Å²) in [5.41, 5.74) is 0.374. The van der Waals surface area contributed by atoms with Gasteiger partial charge in [0.1, 0.15) is 0 Å². The van der Waals surface area contributed by atoms with Crippen LogP contribution in [0, 0.1) is 6.92 Å². The molecule has 1 fully saturated rings. The predicted octanol–water partition coefficient (Wildman–Crippen LogP) is 2.54. The van der Waals surface area contributed by atoms with Crippen LogP contribution in [0.15, 0.2) is 18.2 Å². The molecule has 1 aromatic rings. The third kappa shape index (κ3) is 3.23. The lowest BCUT2D eigenvalue weighted by atomic mass is 10.0. The fourth-order valence-corrected chi connectivity index (χ4v) is 2.12. The summed E-state index contributed by atoms with van der Waals surface area (Å²) in [6.07, 6.45) is -3.81. The van der Waals surface area contributed by atoms with E-state index in [0.29, 0.717) is 25.1 Å². The molecule has 1 aliphatic rings. The molecule has 0 aliphatic carbocycles. The summed E-state index contributed by atoms with van der Waals surface area (Å²) in [6, 6.07) is 4.49. The first-order chi connectivity index (χ1) is 8.47. The van der Waals surface area contributed by atoms with E-state index in [9.17, 15) is 13.2 Å². The molecule has 1 N–H and O–H groups in total. The first-order valence-electron chi connectivity index (χ1n) is 5.96. The minimum absolute atomic E-state index is 0.0393. The van der Waals surface area contributed by atoms with Gasteiger partial charge in [-0.1, -0.05) is 12.1 Å². The number of benzene rings is 1. The highest BCUT2D eigenvalue weighted by Crippen LogP contribution is 2.32. The maximum Gasteiger partial charge on any atom is 0.416 e. The average molecular weight is 259 g/mol. The number of rotatable bonds is 2. The number of hydrogen-bond donors (Lipinski definition) is 1. The number of aryl methyl sites for hydroxylation is 1. The van der Waals surface area contributed by atoms with Gasteiger partial charge < -0.3 is 10.1 Å². The molecular weight excluding hydrogens is 243 g/mol. The van der Waals surface area contributed by atoms with Crippen molar-refractivity contribution < 1.29 is 17.9 Å². The molecule has 0 spiro atoms. The highest BCUT2D eigenvalue weighted by Gasteiger charge is 2.32. The maximum atomic E-state index is 12.8. The van der Waals surface area contributed by atoms with Crippen molar-refractivity contribution in [1.29, 1.82) is 0 Å². The fourth-order valence-electron chi connectivity index (χ4n) is 2.12. The van der Waals surface area contributed by atoms with Gasteiger partial charge in [-0.15, -0.1) is 0 Å². The van der Waals surface area contributed by atoms with Gasteiger partial charge in [-0.25, -0.2) is 0 Å². The van der Waals surface area contributed by atoms with Crippen LogP contribution in [0.25, 0.3) is 0 Å². The second-order valence-corrected chi connectivity index (χ2v) is 4.55. The highest BCUT2D eigenvalue weighted by atomic mass is 19.4. The molecule has 2 nitrogen and oxygen atoms in total. The van der Waals surface area contributed by atoms with Gasteiger partial charge in [-0.2, -0.15) is 13.2 Å². The van der Waals surface area contributed by atoms with Gasteiger partial charge in [-0.05, 0) is 30.5 Å². The van der Waals surface area contributed by atoms with Gasteiger partial charge >= 0.3 is 6.18 Å². The second kappa shape index (κ2) is 5.28. The number of hydrogen-bond acceptors (Lipinski definition) is 2. The molecule has 1 aromatic carbocycles. The normalized spacial score (nSPS) is 21.0. The van der Waals surface area contributed by atoms with E-state index < -0.39 is 11.7 Å². The molecule has 1 aliphatic heterocycles. The molecule has 0 bridgehead atoms. The van der Waals surface area contributed by atoms with Crippen LogP contribution in [0.4, 0.5) is 13.2 Å². The van der Waals surface area contributed by atoms with Gasteiger partial charge in [0.15, 0.2) is 0 Å². The number of morpholine rings is 1. The minimum Gasteiger partial charge on any atom is -0.375 e. The van der Waals surface area contributed by atoms with Crippen LogP contribution in [0.5, 0.6) is 0 Å². The van der Waals surface area contributed by atoms with E-state index in [4.69, 9.17) is 4.74 Å². The van der Waals surface area contributed by atoms with Gasteiger partial charge in [-0.3, -0.25) is 0 Å². The molecule has 0 radical (unpaired) electrons. The van der Waals surface area contributed by atoms with E-state index in [-0.39, 0.29) is 11.7 Å². The van der Waals surface area contributed by atoms with Crippen molar-refractivity contribution in [1.82, 2.24) is 5.32 Å². The Bertz CT molecular complexity index is 411. The number of ether oxygens (including phenoxy) is 1. The van der Waals surface area contributed by atoms with Crippen molar-refractivity contribution >= 4 is 0 Å². The highest BCUT2D eigenvalue weighted by molar-refractivity contribution is 5.33. The third-order valence-electron chi connectivity index (χ3n) is 3.08. The van der Waals surface area contributed by atoms with E-state index in [1.807, 2.05) is 0 Å². The molecule has 2 rings (SSSR count). The molecule has 0 aromatic heterocycles. The first-order valence-corrected chi connectivity index (χ1v) is 5.96. The Hall–Kier alpha value is -1.07. The summed E-state index contributed by atoms with van der Waals surface area (Å²) in [7, 11) is 0. The van der Waals surface area contributed by atoms with E-state index in [1.165, 1.54) is 19.1 Å². The van der Waals surface area contributed by atoms with Gasteiger partial charge in [0.05, 0.1) is 18.3 Å². The van der Waals surface area contributed by atoms with E-state index in [0.717, 1.165) is 6.54 Å². The first kappa shape index (κ1) is 13.4. The summed E-state index contributed by atoms with van der Waals surface area (Å²) in [4.78, 5) is 0. The van der Waals surface area contributed by atoms with Crippen molar-refractivity contribution in [3.8, 4) is 0 Å². The van der Waals surface area contributed by atoms with Crippen LogP contribution in [0.1, 0.15) is 16.7 Å². The third-order valence-corrected chi connectivity index (χ3v) is 3.08. The molecule has 1 saturated heterocycles. The summed E-state index contributed by atoms with van der Waals surface area (Å²) in [5, 5.41) is 3.16. The predicted molar refractivity (Wildman–Crippen MR) is 62.5 cm³/mol. The maximum absolute atomic E-state index is 12.8. The number of halogens is 3. The van der Waals surface area contributed by atoms with Gasteiger partial charge in [0.2, 0.25) is 0 Å². The number of nitrogens with one attached hydrogen (secondary N) is 1. The quantitative estimate of drug-likeness (QED) is 0.881. The smallest absolute Gasteiger partial charge is 0.375 e. The minimum atomic E-state index is -4.29. The van der Waals surface area contributed by atoms with Crippen molar-refractivity contribution in [2.24, 2.45) is 0 Å². The largest absolute Gasteiger partial charge is 0.416 e. The summed E-state index contributed by atoms with van der Waals surface area (Å²) >= 11 is 0. The van der Waals surface area contributed by atoms with Crippen molar-refractivity contribution in [2.45, 2.75) is 25.6 Å². The summed E-state index contributed by atoms with van der Waals surface area (Å²) in [5.74, 6) is 0. The zero-order chi connectivity index (χ0) is 13.2. The monoisotopic (exact) mass is 259 g/mol. The molecule has 0 saturated carbocycles. The molecule has 1 heterocycles. The molecule has 100 valence electrons. The van der Waals surface area contributed by atoms with Gasteiger partial charge in [0, 0.05) is 13.1 Å². The molecule has 0 unspecified atom stereocenters. The van der Waals surface area contributed by atoms with Crippen LogP contribution in [-0.2, 0) is 17.3 Å². The molecule has 5 heteroatoms. The summed E-state index contributed by atoms with van der Waals surface area (Å²) in [6.45, 7) is 3.58. The van der Waals surface area contributed by atoms with Gasteiger partial charge in [0.25, 0.3) is 0 Å². The Kier molecular flexibility index (Phi) is 3.92. The van der Waals surface area contributed by atoms with Crippen LogP contribution in [-0.4, -0.2) is 25.8 Å². The molecule has 0 amide bonds. The molecule has 1 atom stereocenters. The average Bonchev–Trinajstić information content (AvgIpc) is 2.31. The zero-order valence-electron chi connectivity index (χ0n) is 10.2. The van der Waals surface area contributed by atoms with Crippen molar-refractivity contribution in [3.05, 3.63) is 34.9 Å². The van der Waals surface area contributed by atoms with Crippen molar-refractivity contribution in [3.63, 3.8) is 0 Å².